The maximum absolute atomic E-state index is 11.9. The fraction of sp³-hybridized carbons (Fsp3) is 0.500. The molecule has 1 fully saturated rings. The Kier molecular flexibility index (Phi) is 4.83. The van der Waals surface area contributed by atoms with E-state index in [1.54, 1.807) is 0 Å². The van der Waals surface area contributed by atoms with Gasteiger partial charge in [0, 0.05) is 6.54 Å². The molecule has 2 amide bonds. The first-order chi connectivity index (χ1) is 10.0. The summed E-state index contributed by atoms with van der Waals surface area (Å²) in [6, 6.07) is 9.22. The maximum atomic E-state index is 11.9. The lowest BCUT2D eigenvalue weighted by atomic mass is 9.86. The van der Waals surface area contributed by atoms with Crippen LogP contribution in [0.2, 0.25) is 0 Å². The summed E-state index contributed by atoms with van der Waals surface area (Å²) in [6.45, 7) is 2.09. The van der Waals surface area contributed by atoms with Gasteiger partial charge in [-0.25, -0.2) is 4.79 Å². The van der Waals surface area contributed by atoms with E-state index in [1.165, 1.54) is 0 Å². The average Bonchev–Trinajstić information content (AvgIpc) is 2.96. The van der Waals surface area contributed by atoms with Crippen LogP contribution in [0.25, 0.3) is 0 Å². The van der Waals surface area contributed by atoms with Crippen molar-refractivity contribution in [3.05, 3.63) is 35.9 Å². The van der Waals surface area contributed by atoms with Crippen molar-refractivity contribution in [1.82, 2.24) is 10.6 Å². The molecule has 1 aromatic rings. The molecule has 3 N–H and O–H groups in total. The number of benzene rings is 1. The molecule has 5 nitrogen and oxygen atoms in total. The minimum absolute atomic E-state index is 0.115. The molecule has 1 saturated carbocycles. The second-order valence-corrected chi connectivity index (χ2v) is 5.75. The van der Waals surface area contributed by atoms with E-state index in [1.807, 2.05) is 37.3 Å². The molecule has 0 spiro atoms. The van der Waals surface area contributed by atoms with Crippen LogP contribution in [0.15, 0.2) is 30.3 Å². The minimum atomic E-state index is -0.809. The van der Waals surface area contributed by atoms with Gasteiger partial charge in [-0.1, -0.05) is 43.2 Å². The first-order valence-electron chi connectivity index (χ1n) is 7.36. The van der Waals surface area contributed by atoms with Crippen LogP contribution < -0.4 is 10.6 Å². The molecule has 1 aliphatic carbocycles. The first kappa shape index (κ1) is 15.4. The van der Waals surface area contributed by atoms with Gasteiger partial charge >= 0.3 is 12.0 Å². The number of urea groups is 1. The van der Waals surface area contributed by atoms with Gasteiger partial charge in [0.25, 0.3) is 0 Å². The molecule has 0 aromatic heterocycles. The number of carbonyl (C=O) groups excluding carboxylic acids is 1. The topological polar surface area (TPSA) is 78.4 Å². The van der Waals surface area contributed by atoms with Gasteiger partial charge in [0.2, 0.25) is 0 Å². The van der Waals surface area contributed by atoms with Crippen LogP contribution in [0.3, 0.4) is 0 Å². The first-order valence-corrected chi connectivity index (χ1v) is 7.36. The van der Waals surface area contributed by atoms with Crippen molar-refractivity contribution in [2.75, 3.05) is 6.54 Å². The van der Waals surface area contributed by atoms with E-state index in [-0.39, 0.29) is 18.6 Å². The van der Waals surface area contributed by atoms with Gasteiger partial charge in [0.05, 0.1) is 11.5 Å². The number of rotatable bonds is 5. The smallest absolute Gasteiger partial charge is 0.315 e. The standard InChI is InChI=1S/C16H22N2O3/c1-12(13-7-3-2-4-8-13)18-15(21)17-11-16(14(19)20)9-5-6-10-16/h2-4,7-8,12H,5-6,9-11H2,1H3,(H,19,20)(H2,17,18,21). The summed E-state index contributed by atoms with van der Waals surface area (Å²) in [5.41, 5.74) is 0.231. The predicted molar refractivity (Wildman–Crippen MR) is 79.9 cm³/mol. The highest BCUT2D eigenvalue weighted by molar-refractivity contribution is 5.78. The lowest BCUT2D eigenvalue weighted by Crippen LogP contribution is -2.45. The highest BCUT2D eigenvalue weighted by atomic mass is 16.4. The van der Waals surface area contributed by atoms with Crippen molar-refractivity contribution in [2.24, 2.45) is 5.41 Å². The summed E-state index contributed by atoms with van der Waals surface area (Å²) < 4.78 is 0. The Labute approximate surface area is 124 Å². The third-order valence-corrected chi connectivity index (χ3v) is 4.25. The largest absolute Gasteiger partial charge is 0.481 e. The minimum Gasteiger partial charge on any atom is -0.481 e. The second-order valence-electron chi connectivity index (χ2n) is 5.75. The van der Waals surface area contributed by atoms with Crippen molar-refractivity contribution in [2.45, 2.75) is 38.6 Å². The molecule has 1 unspecified atom stereocenters. The quantitative estimate of drug-likeness (QED) is 0.780. The summed E-state index contributed by atoms with van der Waals surface area (Å²) >= 11 is 0. The molecule has 1 aliphatic rings. The normalized spacial score (nSPS) is 18.0. The van der Waals surface area contributed by atoms with Gasteiger partial charge in [-0.15, -0.1) is 0 Å². The second kappa shape index (κ2) is 6.61. The van der Waals surface area contributed by atoms with Crippen LogP contribution in [0.5, 0.6) is 0 Å². The molecule has 1 aromatic carbocycles. The van der Waals surface area contributed by atoms with Crippen LogP contribution >= 0.6 is 0 Å². The lowest BCUT2D eigenvalue weighted by molar-refractivity contribution is -0.148. The maximum Gasteiger partial charge on any atom is 0.315 e. The van der Waals surface area contributed by atoms with Crippen LogP contribution in [-0.2, 0) is 4.79 Å². The van der Waals surface area contributed by atoms with Crippen LogP contribution in [0.4, 0.5) is 4.79 Å². The zero-order chi connectivity index (χ0) is 15.3. The molecule has 5 heteroatoms. The Bertz CT molecular complexity index is 496. The van der Waals surface area contributed by atoms with Gasteiger partial charge in [-0.2, -0.15) is 0 Å². The fourth-order valence-electron chi connectivity index (χ4n) is 2.84. The average molecular weight is 290 g/mol. The molecule has 2 rings (SSSR count). The number of amides is 2. The van der Waals surface area contributed by atoms with E-state index >= 15 is 0 Å². The Balaban J connectivity index is 1.86. The zero-order valence-electron chi connectivity index (χ0n) is 12.3. The number of aliphatic carboxylic acids is 1. The highest BCUT2D eigenvalue weighted by Crippen LogP contribution is 2.37. The third kappa shape index (κ3) is 3.74. The van der Waals surface area contributed by atoms with Gasteiger partial charge in [-0.05, 0) is 25.3 Å². The summed E-state index contributed by atoms with van der Waals surface area (Å²) in [7, 11) is 0. The summed E-state index contributed by atoms with van der Waals surface area (Å²) in [5.74, 6) is -0.809. The zero-order valence-corrected chi connectivity index (χ0v) is 12.3. The van der Waals surface area contributed by atoms with Crippen molar-refractivity contribution in [3.8, 4) is 0 Å². The van der Waals surface area contributed by atoms with Gasteiger partial charge in [-0.3, -0.25) is 4.79 Å². The highest BCUT2D eigenvalue weighted by Gasteiger charge is 2.41. The Morgan fingerprint density at radius 3 is 2.43 bits per heavy atom. The predicted octanol–water partition coefficient (Wildman–Crippen LogP) is 2.69. The molecule has 0 heterocycles. The molecule has 0 aliphatic heterocycles. The molecule has 114 valence electrons. The van der Waals surface area contributed by atoms with E-state index in [0.717, 1.165) is 18.4 Å². The van der Waals surface area contributed by atoms with E-state index in [4.69, 9.17) is 0 Å². The Morgan fingerprint density at radius 1 is 1.24 bits per heavy atom. The SMILES string of the molecule is CC(NC(=O)NCC1(C(=O)O)CCCC1)c1ccccc1. The molecule has 0 radical (unpaired) electrons. The fourth-order valence-corrected chi connectivity index (χ4v) is 2.84. The molecular formula is C16H22N2O3. The van der Waals surface area contributed by atoms with E-state index < -0.39 is 11.4 Å². The van der Waals surface area contributed by atoms with E-state index in [9.17, 15) is 14.7 Å². The van der Waals surface area contributed by atoms with Crippen molar-refractivity contribution < 1.29 is 14.7 Å². The molecular weight excluding hydrogens is 268 g/mol. The molecule has 0 bridgehead atoms. The Hall–Kier alpha value is -2.04. The van der Waals surface area contributed by atoms with Gasteiger partial charge < -0.3 is 15.7 Å². The number of carboxylic acid groups (broad SMARTS) is 1. The van der Waals surface area contributed by atoms with E-state index in [0.29, 0.717) is 12.8 Å². The summed E-state index contributed by atoms with van der Waals surface area (Å²) in [6.07, 6.45) is 3.10. The number of carbonyl (C=O) groups is 2. The molecule has 1 atom stereocenters. The van der Waals surface area contributed by atoms with Crippen molar-refractivity contribution in [1.29, 1.82) is 0 Å². The van der Waals surface area contributed by atoms with Crippen LogP contribution in [-0.4, -0.2) is 23.7 Å². The van der Waals surface area contributed by atoms with Crippen molar-refractivity contribution >= 4 is 12.0 Å². The van der Waals surface area contributed by atoms with Crippen molar-refractivity contribution in [3.63, 3.8) is 0 Å². The molecule has 0 saturated heterocycles. The summed E-state index contributed by atoms with van der Waals surface area (Å²) in [4.78, 5) is 23.3. The number of carboxylic acids is 1. The lowest BCUT2D eigenvalue weighted by Gasteiger charge is -2.24. The number of hydrogen-bond donors (Lipinski definition) is 3. The summed E-state index contributed by atoms with van der Waals surface area (Å²) in [5, 5.41) is 14.9. The Morgan fingerprint density at radius 2 is 1.86 bits per heavy atom. The van der Waals surface area contributed by atoms with Gasteiger partial charge in [0.15, 0.2) is 0 Å². The third-order valence-electron chi connectivity index (χ3n) is 4.25. The van der Waals surface area contributed by atoms with E-state index in [2.05, 4.69) is 10.6 Å². The van der Waals surface area contributed by atoms with Gasteiger partial charge in [0.1, 0.15) is 0 Å². The molecule has 21 heavy (non-hydrogen) atoms. The number of nitrogens with one attached hydrogen (secondary N) is 2. The van der Waals surface area contributed by atoms with Crippen LogP contribution in [0.1, 0.15) is 44.2 Å². The van der Waals surface area contributed by atoms with Crippen LogP contribution in [0, 0.1) is 5.41 Å². The monoisotopic (exact) mass is 290 g/mol. The number of hydrogen-bond acceptors (Lipinski definition) is 2.